The van der Waals surface area contributed by atoms with E-state index in [0.29, 0.717) is 17.9 Å². The van der Waals surface area contributed by atoms with Crippen molar-refractivity contribution in [3.63, 3.8) is 0 Å². The summed E-state index contributed by atoms with van der Waals surface area (Å²) < 4.78 is 28.1. The number of rotatable bonds is 7. The number of para-hydroxylation sites is 1. The predicted octanol–water partition coefficient (Wildman–Crippen LogP) is 0.0570. The highest BCUT2D eigenvalue weighted by Gasteiger charge is 2.51. The molecule has 4 N–H and O–H groups in total. The number of hydrogen-bond acceptors (Lipinski definition) is 13. The third-order valence-electron chi connectivity index (χ3n) is 8.08. The third kappa shape index (κ3) is 4.85. The molecule has 0 aliphatic carbocycles. The number of esters is 1. The van der Waals surface area contributed by atoms with E-state index in [1.54, 1.807) is 17.6 Å². The predicted molar refractivity (Wildman–Crippen MR) is 144 cm³/mol. The summed E-state index contributed by atoms with van der Waals surface area (Å²) in [4.78, 5) is 44.3. The molecule has 14 heteroatoms. The standard InChI is InChI=1S/C29H30N2O12/c1-2-29(43-28(38)40-8-7-39-26-24(35)23(34)22(33)20(12-32)42-26)17-10-19-21-15(9-14-5-3-4-6-18(14)30-21)11-31(19)25(36)16(17)13-41-27(29)37/h3-6,9-10,20,22-24,26,32-35H,2,7-8,11-13H2,1H3/t20-,22-,23+,24-,26-,29+/m1/s1. The average molecular weight is 599 g/mol. The van der Waals surface area contributed by atoms with Crippen molar-refractivity contribution in [1.82, 2.24) is 9.55 Å². The molecule has 0 saturated carbocycles. The molecule has 14 nitrogen and oxygen atoms in total. The summed E-state index contributed by atoms with van der Waals surface area (Å²) in [5.74, 6) is -0.856. The van der Waals surface area contributed by atoms with Crippen molar-refractivity contribution in [1.29, 1.82) is 0 Å². The highest BCUT2D eigenvalue weighted by molar-refractivity contribution is 5.87. The maximum Gasteiger partial charge on any atom is 0.509 e. The van der Waals surface area contributed by atoms with Crippen molar-refractivity contribution in [2.24, 2.45) is 0 Å². The molecule has 6 atom stereocenters. The Morgan fingerprint density at radius 2 is 1.91 bits per heavy atom. The molecule has 1 aromatic carbocycles. The van der Waals surface area contributed by atoms with Gasteiger partial charge in [-0.15, -0.1) is 0 Å². The maximum absolute atomic E-state index is 13.6. The third-order valence-corrected chi connectivity index (χ3v) is 8.08. The van der Waals surface area contributed by atoms with Gasteiger partial charge in [-0.3, -0.25) is 4.79 Å². The molecule has 1 fully saturated rings. The van der Waals surface area contributed by atoms with Gasteiger partial charge < -0.3 is 48.7 Å². The number of benzene rings is 1. The number of nitrogens with zero attached hydrogens (tertiary/aromatic N) is 2. The number of carbonyl (C=O) groups is 2. The molecular formula is C29H30N2O12. The van der Waals surface area contributed by atoms with Gasteiger partial charge in [0.2, 0.25) is 5.60 Å². The topological polar surface area (TPSA) is 196 Å². The zero-order valence-corrected chi connectivity index (χ0v) is 23.0. The van der Waals surface area contributed by atoms with Gasteiger partial charge in [0.15, 0.2) is 6.29 Å². The molecule has 0 bridgehead atoms. The van der Waals surface area contributed by atoms with Gasteiger partial charge >= 0.3 is 12.1 Å². The van der Waals surface area contributed by atoms with Crippen molar-refractivity contribution in [3.8, 4) is 11.4 Å². The number of fused-ring (bicyclic) bond motifs is 5. The molecule has 0 amide bonds. The second-order valence-corrected chi connectivity index (χ2v) is 10.5. The van der Waals surface area contributed by atoms with Crippen LogP contribution >= 0.6 is 0 Å². The molecule has 0 unspecified atom stereocenters. The van der Waals surface area contributed by atoms with E-state index < -0.39 is 61.6 Å². The minimum Gasteiger partial charge on any atom is -0.457 e. The van der Waals surface area contributed by atoms with Gasteiger partial charge in [-0.25, -0.2) is 14.6 Å². The zero-order valence-electron chi connectivity index (χ0n) is 23.0. The van der Waals surface area contributed by atoms with Crippen LogP contribution in [0, 0.1) is 0 Å². The van der Waals surface area contributed by atoms with E-state index in [-0.39, 0.29) is 36.3 Å². The van der Waals surface area contributed by atoms with Gasteiger partial charge in [0.25, 0.3) is 5.56 Å². The van der Waals surface area contributed by atoms with Gasteiger partial charge in [-0.2, -0.15) is 0 Å². The second-order valence-electron chi connectivity index (χ2n) is 10.5. The van der Waals surface area contributed by atoms with Crippen LogP contribution in [0.15, 0.2) is 41.2 Å². The number of aliphatic hydroxyl groups is 4. The van der Waals surface area contributed by atoms with Crippen LogP contribution in [0.3, 0.4) is 0 Å². The fourth-order valence-electron chi connectivity index (χ4n) is 5.75. The first kappa shape index (κ1) is 29.2. The molecule has 228 valence electrons. The minimum absolute atomic E-state index is 0.0593. The van der Waals surface area contributed by atoms with Crippen LogP contribution in [-0.2, 0) is 47.2 Å². The Hall–Kier alpha value is -3.92. The van der Waals surface area contributed by atoms with Crippen LogP contribution < -0.4 is 5.56 Å². The Balaban J connectivity index is 1.21. The molecule has 0 spiro atoms. The lowest BCUT2D eigenvalue weighted by Gasteiger charge is -2.39. The molecule has 5 heterocycles. The quantitative estimate of drug-likeness (QED) is 0.165. The van der Waals surface area contributed by atoms with Crippen molar-refractivity contribution in [2.45, 2.75) is 62.8 Å². The van der Waals surface area contributed by atoms with Crippen molar-refractivity contribution in [3.05, 3.63) is 63.4 Å². The Labute approximate surface area is 244 Å². The number of pyridine rings is 2. The molecular weight excluding hydrogens is 568 g/mol. The van der Waals surface area contributed by atoms with Crippen LogP contribution in [-0.4, -0.2) is 92.6 Å². The van der Waals surface area contributed by atoms with Gasteiger partial charge in [0, 0.05) is 16.5 Å². The first-order valence-corrected chi connectivity index (χ1v) is 13.8. The van der Waals surface area contributed by atoms with Crippen LogP contribution in [0.5, 0.6) is 0 Å². The maximum atomic E-state index is 13.6. The molecule has 1 saturated heterocycles. The summed E-state index contributed by atoms with van der Waals surface area (Å²) >= 11 is 0. The van der Waals surface area contributed by atoms with Crippen LogP contribution in [0.1, 0.15) is 30.0 Å². The normalized spacial score (nSPS) is 27.7. The fraction of sp³-hybridized carbons (Fsp3) is 0.448. The van der Waals surface area contributed by atoms with E-state index >= 15 is 0 Å². The summed E-state index contributed by atoms with van der Waals surface area (Å²) in [6.07, 6.45) is -8.68. The SMILES string of the molecule is CC[C@@]1(OC(=O)OCCO[C@@H]2O[C@H](CO)[C@@H](O)[C@H](O)[C@H]2O)C(=O)OCc2c1cc1n(c2=O)Cc2cc3ccccc3nc2-1. The largest absolute Gasteiger partial charge is 0.509 e. The Bertz CT molecular complexity index is 1640. The monoisotopic (exact) mass is 598 g/mol. The summed E-state index contributed by atoms with van der Waals surface area (Å²) in [6, 6.07) is 11.2. The molecule has 6 rings (SSSR count). The Morgan fingerprint density at radius 1 is 1.12 bits per heavy atom. The highest BCUT2D eigenvalue weighted by Crippen LogP contribution is 2.41. The number of aromatic nitrogens is 2. The highest BCUT2D eigenvalue weighted by atomic mass is 16.8. The van der Waals surface area contributed by atoms with Gasteiger partial charge in [0.1, 0.15) is 37.6 Å². The molecule has 3 aromatic rings. The summed E-state index contributed by atoms with van der Waals surface area (Å²) in [6.45, 7) is 0.243. The average Bonchev–Trinajstić information content (AvgIpc) is 3.37. The fourth-order valence-corrected chi connectivity index (χ4v) is 5.75. The minimum atomic E-state index is -1.96. The zero-order chi connectivity index (χ0) is 30.5. The van der Waals surface area contributed by atoms with Gasteiger partial charge in [-0.05, 0) is 24.6 Å². The number of hydrogen-bond donors (Lipinski definition) is 4. The lowest BCUT2D eigenvalue weighted by molar-refractivity contribution is -0.302. The Kier molecular flexibility index (Phi) is 7.66. The first-order valence-electron chi connectivity index (χ1n) is 13.8. The van der Waals surface area contributed by atoms with E-state index in [1.807, 2.05) is 30.3 Å². The molecule has 43 heavy (non-hydrogen) atoms. The summed E-state index contributed by atoms with van der Waals surface area (Å²) in [7, 11) is 0. The lowest BCUT2D eigenvalue weighted by Crippen LogP contribution is -2.59. The van der Waals surface area contributed by atoms with Crippen molar-refractivity contribution >= 4 is 23.0 Å². The number of ether oxygens (including phenoxy) is 5. The lowest BCUT2D eigenvalue weighted by atomic mass is 9.85. The van der Waals surface area contributed by atoms with E-state index in [2.05, 4.69) is 0 Å². The molecule has 3 aliphatic rings. The van der Waals surface area contributed by atoms with E-state index in [1.165, 1.54) is 0 Å². The van der Waals surface area contributed by atoms with E-state index in [0.717, 1.165) is 16.5 Å². The second kappa shape index (κ2) is 11.3. The van der Waals surface area contributed by atoms with Crippen LogP contribution in [0.4, 0.5) is 4.79 Å². The van der Waals surface area contributed by atoms with Crippen molar-refractivity contribution in [2.75, 3.05) is 19.8 Å². The molecule has 3 aliphatic heterocycles. The smallest absolute Gasteiger partial charge is 0.457 e. The van der Waals surface area contributed by atoms with Gasteiger partial charge in [-0.1, -0.05) is 25.1 Å². The molecule has 2 aromatic heterocycles. The van der Waals surface area contributed by atoms with Crippen LogP contribution in [0.2, 0.25) is 0 Å². The first-order chi connectivity index (χ1) is 20.7. The van der Waals surface area contributed by atoms with Gasteiger partial charge in [0.05, 0.1) is 42.2 Å². The number of carbonyl (C=O) groups excluding carboxylic acids is 2. The molecule has 0 radical (unpaired) electrons. The Morgan fingerprint density at radius 3 is 2.67 bits per heavy atom. The van der Waals surface area contributed by atoms with E-state index in [4.69, 9.17) is 28.7 Å². The van der Waals surface area contributed by atoms with Crippen LogP contribution in [0.25, 0.3) is 22.3 Å². The van der Waals surface area contributed by atoms with Crippen molar-refractivity contribution < 1.29 is 53.7 Å². The summed E-state index contributed by atoms with van der Waals surface area (Å²) in [5.41, 5.74) is 0.694. The number of cyclic esters (lactones) is 1. The number of aliphatic hydroxyl groups excluding tert-OH is 4. The van der Waals surface area contributed by atoms with E-state index in [9.17, 15) is 34.8 Å². The summed E-state index contributed by atoms with van der Waals surface area (Å²) in [5, 5.41) is 40.1.